The zero-order valence-electron chi connectivity index (χ0n) is 8.51. The number of hydrazine groups is 1. The number of ether oxygens (including phenoxy) is 1. The van der Waals surface area contributed by atoms with Gasteiger partial charge in [0.1, 0.15) is 0 Å². The van der Waals surface area contributed by atoms with Crippen molar-refractivity contribution in [2.75, 3.05) is 32.8 Å². The molecular formula is C10H20N2O. The molecule has 1 saturated heterocycles. The van der Waals surface area contributed by atoms with Gasteiger partial charge in [-0.25, -0.2) is 5.01 Å². The molecule has 2 fully saturated rings. The lowest BCUT2D eigenvalue weighted by atomic mass is 9.70. The Morgan fingerprint density at radius 2 is 2.00 bits per heavy atom. The minimum Gasteiger partial charge on any atom is -0.379 e. The first-order valence-corrected chi connectivity index (χ1v) is 5.35. The Morgan fingerprint density at radius 1 is 1.31 bits per heavy atom. The maximum Gasteiger partial charge on any atom is 0.0608 e. The third-order valence-corrected chi connectivity index (χ3v) is 3.30. The predicted molar refractivity (Wildman–Crippen MR) is 52.4 cm³/mol. The number of nitrogens with one attached hydrogen (secondary N) is 1. The largest absolute Gasteiger partial charge is 0.379 e. The molecule has 2 aliphatic rings. The quantitative estimate of drug-likeness (QED) is 0.708. The summed E-state index contributed by atoms with van der Waals surface area (Å²) in [4.78, 5) is 0. The summed E-state index contributed by atoms with van der Waals surface area (Å²) < 4.78 is 5.29. The van der Waals surface area contributed by atoms with Crippen molar-refractivity contribution in [1.82, 2.24) is 10.4 Å². The van der Waals surface area contributed by atoms with Crippen molar-refractivity contribution in [2.24, 2.45) is 5.41 Å². The Kier molecular flexibility index (Phi) is 2.86. The van der Waals surface area contributed by atoms with Gasteiger partial charge in [-0.2, -0.15) is 0 Å². The van der Waals surface area contributed by atoms with E-state index in [0.717, 1.165) is 32.8 Å². The van der Waals surface area contributed by atoms with Gasteiger partial charge in [-0.1, -0.05) is 13.3 Å². The monoisotopic (exact) mass is 184 g/mol. The summed E-state index contributed by atoms with van der Waals surface area (Å²) in [7, 11) is 0. The van der Waals surface area contributed by atoms with E-state index in [1.54, 1.807) is 0 Å². The molecule has 0 aromatic carbocycles. The zero-order valence-corrected chi connectivity index (χ0v) is 8.51. The number of hydrogen-bond acceptors (Lipinski definition) is 3. The van der Waals surface area contributed by atoms with Crippen molar-refractivity contribution in [3.63, 3.8) is 0 Å². The molecule has 3 nitrogen and oxygen atoms in total. The zero-order chi connectivity index (χ0) is 9.15. The SMILES string of the molecule is CC1(CNN2CCOCC2)CCC1. The summed E-state index contributed by atoms with van der Waals surface area (Å²) in [5, 5.41) is 2.30. The first kappa shape index (κ1) is 9.44. The summed E-state index contributed by atoms with van der Waals surface area (Å²) >= 11 is 0. The fourth-order valence-electron chi connectivity index (χ4n) is 1.98. The van der Waals surface area contributed by atoms with Crippen LogP contribution >= 0.6 is 0 Å². The van der Waals surface area contributed by atoms with Gasteiger partial charge < -0.3 is 4.74 Å². The molecule has 13 heavy (non-hydrogen) atoms. The van der Waals surface area contributed by atoms with Crippen LogP contribution in [0.3, 0.4) is 0 Å². The second-order valence-corrected chi connectivity index (χ2v) is 4.60. The summed E-state index contributed by atoms with van der Waals surface area (Å²) in [6.07, 6.45) is 4.20. The lowest BCUT2D eigenvalue weighted by Gasteiger charge is -2.40. The van der Waals surface area contributed by atoms with Crippen LogP contribution in [0.25, 0.3) is 0 Å². The van der Waals surface area contributed by atoms with Gasteiger partial charge in [0.25, 0.3) is 0 Å². The lowest BCUT2D eigenvalue weighted by molar-refractivity contribution is -0.00250. The molecule has 0 radical (unpaired) electrons. The van der Waals surface area contributed by atoms with E-state index in [4.69, 9.17) is 4.74 Å². The Labute approximate surface area is 80.4 Å². The van der Waals surface area contributed by atoms with Crippen molar-refractivity contribution >= 4 is 0 Å². The van der Waals surface area contributed by atoms with Gasteiger partial charge >= 0.3 is 0 Å². The van der Waals surface area contributed by atoms with E-state index in [9.17, 15) is 0 Å². The van der Waals surface area contributed by atoms with Crippen LogP contribution in [-0.2, 0) is 4.74 Å². The van der Waals surface area contributed by atoms with Gasteiger partial charge in [-0.3, -0.25) is 5.43 Å². The van der Waals surface area contributed by atoms with E-state index < -0.39 is 0 Å². The number of rotatable bonds is 3. The predicted octanol–water partition coefficient (Wildman–Crippen LogP) is 1.01. The maximum atomic E-state index is 5.29. The molecule has 76 valence electrons. The van der Waals surface area contributed by atoms with Gasteiger partial charge in [-0.15, -0.1) is 0 Å². The van der Waals surface area contributed by atoms with Gasteiger partial charge in [0.2, 0.25) is 0 Å². The van der Waals surface area contributed by atoms with Crippen molar-refractivity contribution in [3.8, 4) is 0 Å². The molecule has 0 aromatic heterocycles. The van der Waals surface area contributed by atoms with Crippen LogP contribution in [-0.4, -0.2) is 37.9 Å². The summed E-state index contributed by atoms with van der Waals surface area (Å²) in [6, 6.07) is 0. The molecule has 1 aliphatic carbocycles. The van der Waals surface area contributed by atoms with E-state index in [1.807, 2.05) is 0 Å². The van der Waals surface area contributed by atoms with Gasteiger partial charge in [0.05, 0.1) is 13.2 Å². The topological polar surface area (TPSA) is 24.5 Å². The number of nitrogens with zero attached hydrogens (tertiary/aromatic N) is 1. The molecule has 1 N–H and O–H groups in total. The third-order valence-electron chi connectivity index (χ3n) is 3.30. The maximum absolute atomic E-state index is 5.29. The Balaban J connectivity index is 1.66. The molecule has 0 unspecified atom stereocenters. The standard InChI is InChI=1S/C10H20N2O/c1-10(3-2-4-10)9-11-12-5-7-13-8-6-12/h11H,2-9H2,1H3. The molecule has 0 amide bonds. The fourth-order valence-corrected chi connectivity index (χ4v) is 1.98. The van der Waals surface area contributed by atoms with Crippen molar-refractivity contribution in [2.45, 2.75) is 26.2 Å². The third kappa shape index (κ3) is 2.42. The highest BCUT2D eigenvalue weighted by molar-refractivity contribution is 4.84. The van der Waals surface area contributed by atoms with Crippen molar-refractivity contribution in [3.05, 3.63) is 0 Å². The summed E-state index contributed by atoms with van der Waals surface area (Å²) in [6.45, 7) is 7.36. The molecule has 0 bridgehead atoms. The second kappa shape index (κ2) is 3.95. The normalized spacial score (nSPS) is 28.4. The molecule has 1 aliphatic heterocycles. The van der Waals surface area contributed by atoms with E-state index >= 15 is 0 Å². The highest BCUT2D eigenvalue weighted by Gasteiger charge is 2.31. The van der Waals surface area contributed by atoms with E-state index in [1.165, 1.54) is 19.3 Å². The Bertz CT molecular complexity index is 162. The Hall–Kier alpha value is -0.120. The number of morpholine rings is 1. The van der Waals surface area contributed by atoms with Crippen LogP contribution in [0.5, 0.6) is 0 Å². The number of hydrogen-bond donors (Lipinski definition) is 1. The van der Waals surface area contributed by atoms with Crippen LogP contribution in [0, 0.1) is 5.41 Å². The van der Waals surface area contributed by atoms with Crippen molar-refractivity contribution in [1.29, 1.82) is 0 Å². The van der Waals surface area contributed by atoms with E-state index in [0.29, 0.717) is 5.41 Å². The first-order valence-electron chi connectivity index (χ1n) is 5.35. The van der Waals surface area contributed by atoms with E-state index in [2.05, 4.69) is 17.4 Å². The Morgan fingerprint density at radius 3 is 2.54 bits per heavy atom. The second-order valence-electron chi connectivity index (χ2n) is 4.60. The van der Waals surface area contributed by atoms with Gasteiger partial charge in [-0.05, 0) is 18.3 Å². The minimum atomic E-state index is 0.582. The van der Waals surface area contributed by atoms with Crippen LogP contribution in [0.1, 0.15) is 26.2 Å². The van der Waals surface area contributed by atoms with Crippen LogP contribution in [0.15, 0.2) is 0 Å². The molecule has 2 rings (SSSR count). The molecule has 3 heteroatoms. The highest BCUT2D eigenvalue weighted by Crippen LogP contribution is 2.39. The molecule has 1 saturated carbocycles. The summed E-state index contributed by atoms with van der Waals surface area (Å²) in [5.41, 5.74) is 4.10. The van der Waals surface area contributed by atoms with Crippen LogP contribution in [0.4, 0.5) is 0 Å². The fraction of sp³-hybridized carbons (Fsp3) is 1.00. The lowest BCUT2D eigenvalue weighted by Crippen LogP contribution is -2.50. The minimum absolute atomic E-state index is 0.582. The smallest absolute Gasteiger partial charge is 0.0608 e. The first-order chi connectivity index (χ1) is 6.29. The average Bonchev–Trinajstić information content (AvgIpc) is 2.13. The van der Waals surface area contributed by atoms with Crippen molar-refractivity contribution < 1.29 is 4.74 Å². The molecule has 0 aromatic rings. The highest BCUT2D eigenvalue weighted by atomic mass is 16.5. The average molecular weight is 184 g/mol. The summed E-state index contributed by atoms with van der Waals surface area (Å²) in [5.74, 6) is 0. The van der Waals surface area contributed by atoms with Crippen LogP contribution < -0.4 is 5.43 Å². The van der Waals surface area contributed by atoms with Crippen LogP contribution in [0.2, 0.25) is 0 Å². The van der Waals surface area contributed by atoms with Gasteiger partial charge in [0.15, 0.2) is 0 Å². The molecule has 0 atom stereocenters. The molecule has 1 heterocycles. The van der Waals surface area contributed by atoms with E-state index in [-0.39, 0.29) is 0 Å². The molecular weight excluding hydrogens is 164 g/mol. The molecule has 0 spiro atoms. The van der Waals surface area contributed by atoms with Gasteiger partial charge in [0, 0.05) is 19.6 Å².